The first kappa shape index (κ1) is 21.6. The fourth-order valence-electron chi connectivity index (χ4n) is 3.55. The van der Waals surface area contributed by atoms with Gasteiger partial charge in [-0.2, -0.15) is 0 Å². The molecular formula is C23H33N3O3. The Hall–Kier alpha value is -2.15. The zero-order valence-electron chi connectivity index (χ0n) is 17.8. The molecule has 0 saturated carbocycles. The molecule has 0 amide bonds. The van der Waals surface area contributed by atoms with Gasteiger partial charge in [0.1, 0.15) is 18.1 Å². The van der Waals surface area contributed by atoms with Gasteiger partial charge in [0.15, 0.2) is 0 Å². The van der Waals surface area contributed by atoms with Gasteiger partial charge in [0, 0.05) is 44.5 Å². The van der Waals surface area contributed by atoms with Crippen molar-refractivity contribution < 1.29 is 14.2 Å². The number of nitrogens with one attached hydrogen (secondary N) is 1. The lowest BCUT2D eigenvalue weighted by molar-refractivity contribution is -0.0303. The average molecular weight is 400 g/mol. The van der Waals surface area contributed by atoms with Crippen molar-refractivity contribution in [2.45, 2.75) is 33.1 Å². The van der Waals surface area contributed by atoms with E-state index < -0.39 is 0 Å². The molecule has 1 fully saturated rings. The van der Waals surface area contributed by atoms with Gasteiger partial charge in [-0.1, -0.05) is 19.9 Å². The number of ether oxygens (including phenoxy) is 3. The normalized spacial score (nSPS) is 17.4. The highest BCUT2D eigenvalue weighted by atomic mass is 16.5. The molecule has 2 heterocycles. The van der Waals surface area contributed by atoms with E-state index in [1.165, 1.54) is 0 Å². The number of methoxy groups -OCH3 is 1. The second-order valence-electron chi connectivity index (χ2n) is 7.86. The van der Waals surface area contributed by atoms with E-state index in [-0.39, 0.29) is 6.10 Å². The molecule has 29 heavy (non-hydrogen) atoms. The number of hydrogen-bond donors (Lipinski definition) is 1. The summed E-state index contributed by atoms with van der Waals surface area (Å²) in [5.74, 6) is 2.34. The van der Waals surface area contributed by atoms with E-state index in [2.05, 4.69) is 29.0 Å². The van der Waals surface area contributed by atoms with Crippen LogP contribution in [0, 0.1) is 5.92 Å². The van der Waals surface area contributed by atoms with E-state index in [4.69, 9.17) is 14.2 Å². The van der Waals surface area contributed by atoms with Gasteiger partial charge in [-0.15, -0.1) is 0 Å². The summed E-state index contributed by atoms with van der Waals surface area (Å²) >= 11 is 0. The number of hydrogen-bond acceptors (Lipinski definition) is 6. The van der Waals surface area contributed by atoms with Gasteiger partial charge >= 0.3 is 0 Å². The molecule has 1 unspecified atom stereocenters. The highest BCUT2D eigenvalue weighted by Gasteiger charge is 2.20. The Morgan fingerprint density at radius 3 is 2.93 bits per heavy atom. The van der Waals surface area contributed by atoms with E-state index in [9.17, 15) is 0 Å². The number of morpholine rings is 1. The van der Waals surface area contributed by atoms with Crippen LogP contribution >= 0.6 is 0 Å². The maximum Gasteiger partial charge on any atom is 0.130 e. The van der Waals surface area contributed by atoms with Crippen molar-refractivity contribution in [1.82, 2.24) is 15.2 Å². The van der Waals surface area contributed by atoms with Gasteiger partial charge in [-0.3, -0.25) is 9.88 Å². The molecule has 1 aromatic heterocycles. The van der Waals surface area contributed by atoms with Gasteiger partial charge in [-0.05, 0) is 36.2 Å². The van der Waals surface area contributed by atoms with Crippen LogP contribution in [-0.4, -0.2) is 55.9 Å². The highest BCUT2D eigenvalue weighted by molar-refractivity contribution is 5.40. The summed E-state index contributed by atoms with van der Waals surface area (Å²) in [5.41, 5.74) is 1.97. The van der Waals surface area contributed by atoms with Gasteiger partial charge in [0.25, 0.3) is 0 Å². The topological polar surface area (TPSA) is 55.9 Å². The minimum atomic E-state index is 0.214. The van der Waals surface area contributed by atoms with Crippen molar-refractivity contribution >= 4 is 0 Å². The number of aromatic nitrogens is 1. The lowest BCUT2D eigenvalue weighted by Gasteiger charge is -2.34. The summed E-state index contributed by atoms with van der Waals surface area (Å²) in [5, 5.41) is 3.53. The molecule has 0 aliphatic carbocycles. The Bertz CT molecular complexity index is 739. The second-order valence-corrected chi connectivity index (χ2v) is 7.86. The Morgan fingerprint density at radius 2 is 2.17 bits per heavy atom. The van der Waals surface area contributed by atoms with Crippen molar-refractivity contribution in [3.8, 4) is 11.5 Å². The van der Waals surface area contributed by atoms with E-state index in [0.717, 1.165) is 55.5 Å². The van der Waals surface area contributed by atoms with Crippen LogP contribution in [0.1, 0.15) is 25.1 Å². The molecule has 158 valence electrons. The summed E-state index contributed by atoms with van der Waals surface area (Å²) in [6.07, 6.45) is 1.99. The number of pyridine rings is 1. The fourth-order valence-corrected chi connectivity index (χ4v) is 3.55. The molecule has 2 aromatic rings. The van der Waals surface area contributed by atoms with Crippen molar-refractivity contribution in [2.24, 2.45) is 5.92 Å². The highest BCUT2D eigenvalue weighted by Crippen LogP contribution is 2.25. The number of rotatable bonds is 10. The Kier molecular flexibility index (Phi) is 8.28. The molecule has 0 bridgehead atoms. The Morgan fingerprint density at radius 1 is 1.28 bits per heavy atom. The van der Waals surface area contributed by atoms with E-state index >= 15 is 0 Å². The van der Waals surface area contributed by atoms with Crippen LogP contribution in [0.15, 0.2) is 42.6 Å². The molecule has 0 radical (unpaired) electrons. The maximum absolute atomic E-state index is 6.03. The molecule has 1 atom stereocenters. The first-order chi connectivity index (χ1) is 14.1. The summed E-state index contributed by atoms with van der Waals surface area (Å²) < 4.78 is 17.4. The van der Waals surface area contributed by atoms with Crippen molar-refractivity contribution in [3.05, 3.63) is 53.9 Å². The SMILES string of the molecule is COc1ccc(OCc2ccccn2)c(CNCC2CN(CC(C)C)CCO2)c1. The molecule has 0 spiro atoms. The zero-order valence-corrected chi connectivity index (χ0v) is 17.8. The van der Waals surface area contributed by atoms with Crippen LogP contribution in [0.3, 0.4) is 0 Å². The predicted molar refractivity (Wildman–Crippen MR) is 114 cm³/mol. The molecule has 1 saturated heterocycles. The van der Waals surface area contributed by atoms with Crippen LogP contribution in [-0.2, 0) is 17.9 Å². The molecule has 1 aliphatic rings. The van der Waals surface area contributed by atoms with Crippen molar-refractivity contribution in [1.29, 1.82) is 0 Å². The molecule has 3 rings (SSSR count). The first-order valence-electron chi connectivity index (χ1n) is 10.4. The predicted octanol–water partition coefficient (Wildman–Crippen LogP) is 3.12. The van der Waals surface area contributed by atoms with Gasteiger partial charge in [0.2, 0.25) is 0 Å². The van der Waals surface area contributed by atoms with Crippen LogP contribution in [0.5, 0.6) is 11.5 Å². The van der Waals surface area contributed by atoms with Gasteiger partial charge < -0.3 is 19.5 Å². The van der Waals surface area contributed by atoms with Gasteiger partial charge in [-0.25, -0.2) is 0 Å². The summed E-state index contributed by atoms with van der Waals surface area (Å²) in [7, 11) is 1.68. The average Bonchev–Trinajstić information content (AvgIpc) is 2.73. The molecule has 1 aliphatic heterocycles. The molecule has 6 heteroatoms. The maximum atomic E-state index is 6.03. The van der Waals surface area contributed by atoms with Crippen LogP contribution < -0.4 is 14.8 Å². The van der Waals surface area contributed by atoms with Crippen LogP contribution in [0.25, 0.3) is 0 Å². The Labute approximate surface area is 174 Å². The van der Waals surface area contributed by atoms with E-state index in [0.29, 0.717) is 19.1 Å². The van der Waals surface area contributed by atoms with Gasteiger partial charge in [0.05, 0.1) is 25.5 Å². The zero-order chi connectivity index (χ0) is 20.5. The smallest absolute Gasteiger partial charge is 0.130 e. The van der Waals surface area contributed by atoms with Crippen molar-refractivity contribution in [3.63, 3.8) is 0 Å². The van der Waals surface area contributed by atoms with E-state index in [1.54, 1.807) is 13.3 Å². The standard InChI is InChI=1S/C23H33N3O3/c1-18(2)15-26-10-11-28-22(16-26)14-24-13-19-12-21(27-3)7-8-23(19)29-17-20-6-4-5-9-25-20/h4-9,12,18,22,24H,10-11,13-17H2,1-3H3. The molecule has 1 aromatic carbocycles. The third kappa shape index (κ3) is 6.99. The Balaban J connectivity index is 1.54. The lowest BCUT2D eigenvalue weighted by Crippen LogP contribution is -2.47. The summed E-state index contributed by atoms with van der Waals surface area (Å²) in [4.78, 5) is 6.81. The minimum Gasteiger partial charge on any atom is -0.497 e. The van der Waals surface area contributed by atoms with Crippen LogP contribution in [0.4, 0.5) is 0 Å². The molecular weight excluding hydrogens is 366 g/mol. The third-order valence-electron chi connectivity index (χ3n) is 4.90. The van der Waals surface area contributed by atoms with Crippen molar-refractivity contribution in [2.75, 3.05) is 39.9 Å². The largest absolute Gasteiger partial charge is 0.497 e. The number of benzene rings is 1. The molecule has 6 nitrogen and oxygen atoms in total. The number of nitrogens with zero attached hydrogens (tertiary/aromatic N) is 2. The molecule has 1 N–H and O–H groups in total. The summed E-state index contributed by atoms with van der Waals surface area (Å²) in [6.45, 7) is 10.4. The monoisotopic (exact) mass is 399 g/mol. The van der Waals surface area contributed by atoms with Crippen LogP contribution in [0.2, 0.25) is 0 Å². The fraction of sp³-hybridized carbons (Fsp3) is 0.522. The summed E-state index contributed by atoms with van der Waals surface area (Å²) in [6, 6.07) is 11.7. The quantitative estimate of drug-likeness (QED) is 0.663. The first-order valence-corrected chi connectivity index (χ1v) is 10.4. The van der Waals surface area contributed by atoms with E-state index in [1.807, 2.05) is 36.4 Å². The third-order valence-corrected chi connectivity index (χ3v) is 4.90. The lowest BCUT2D eigenvalue weighted by atomic mass is 10.1. The second kappa shape index (κ2) is 11.1. The minimum absolute atomic E-state index is 0.214.